The number of rotatable bonds is 0. The molecule has 0 saturated carbocycles. The van der Waals surface area contributed by atoms with E-state index in [4.69, 9.17) is 51.5 Å². The van der Waals surface area contributed by atoms with E-state index in [1.54, 1.807) is 0 Å². The topological polar surface area (TPSA) is 29.5 Å². The monoisotopic (exact) mass is 234 g/mol. The lowest BCUT2D eigenvalue weighted by Gasteiger charge is -2.18. The quantitative estimate of drug-likeness (QED) is 0.700. The summed E-state index contributed by atoms with van der Waals surface area (Å²) in [5.41, 5.74) is 0. The predicted octanol–water partition coefficient (Wildman–Crippen LogP) is 2.67. The molecule has 0 fully saturated rings. The van der Waals surface area contributed by atoms with Gasteiger partial charge >= 0.3 is 0 Å². The summed E-state index contributed by atoms with van der Waals surface area (Å²) in [7, 11) is 0. The molecule has 0 bridgehead atoms. The predicted molar refractivity (Wildman–Crippen MR) is 44.6 cm³/mol. The Kier molecular flexibility index (Phi) is 2.95. The first-order chi connectivity index (χ1) is 5.04. The van der Waals surface area contributed by atoms with Crippen molar-refractivity contribution in [3.05, 3.63) is 20.3 Å². The third-order valence-corrected chi connectivity index (χ3v) is 2.70. The zero-order valence-electron chi connectivity index (χ0n) is 4.94. The SMILES string of the molecule is OC1OC(Cl)=C(Cl)C(Cl)=C1Cl. The van der Waals surface area contributed by atoms with Gasteiger partial charge in [0.15, 0.2) is 0 Å². The van der Waals surface area contributed by atoms with Crippen LogP contribution >= 0.6 is 46.4 Å². The normalized spacial score (nSPS) is 25.7. The number of hydrogen-bond donors (Lipinski definition) is 1. The van der Waals surface area contributed by atoms with E-state index in [1.165, 1.54) is 0 Å². The van der Waals surface area contributed by atoms with Crippen LogP contribution < -0.4 is 0 Å². The fourth-order valence-corrected chi connectivity index (χ4v) is 1.24. The first kappa shape index (κ1) is 9.49. The summed E-state index contributed by atoms with van der Waals surface area (Å²) < 4.78 is 4.58. The van der Waals surface area contributed by atoms with Crippen LogP contribution in [0.3, 0.4) is 0 Å². The van der Waals surface area contributed by atoms with Crippen molar-refractivity contribution in [2.45, 2.75) is 6.29 Å². The summed E-state index contributed by atoms with van der Waals surface area (Å²) >= 11 is 21.9. The Morgan fingerprint density at radius 3 is 2.18 bits per heavy atom. The van der Waals surface area contributed by atoms with E-state index in [9.17, 15) is 0 Å². The molecule has 0 aromatic heterocycles. The van der Waals surface area contributed by atoms with Crippen molar-refractivity contribution in [1.29, 1.82) is 0 Å². The number of allylic oxidation sites excluding steroid dienone is 2. The fraction of sp³-hybridized carbons (Fsp3) is 0.200. The van der Waals surface area contributed by atoms with Gasteiger partial charge in [0.2, 0.25) is 11.5 Å². The van der Waals surface area contributed by atoms with Crippen LogP contribution in [0.2, 0.25) is 0 Å². The number of aliphatic hydroxyl groups excluding tert-OH is 1. The van der Waals surface area contributed by atoms with Crippen LogP contribution in [-0.2, 0) is 4.74 Å². The third-order valence-electron chi connectivity index (χ3n) is 1.01. The van der Waals surface area contributed by atoms with Crippen LogP contribution in [0.4, 0.5) is 0 Å². The summed E-state index contributed by atoms with van der Waals surface area (Å²) in [6.45, 7) is 0. The summed E-state index contributed by atoms with van der Waals surface area (Å²) in [4.78, 5) is 0. The van der Waals surface area contributed by atoms with Crippen molar-refractivity contribution in [2.24, 2.45) is 0 Å². The van der Waals surface area contributed by atoms with Crippen molar-refractivity contribution in [3.63, 3.8) is 0 Å². The number of hydrogen-bond acceptors (Lipinski definition) is 2. The second-order valence-corrected chi connectivity index (χ2v) is 3.23. The maximum Gasteiger partial charge on any atom is 0.237 e. The molecule has 1 N–H and O–H groups in total. The smallest absolute Gasteiger partial charge is 0.237 e. The van der Waals surface area contributed by atoms with Crippen molar-refractivity contribution < 1.29 is 9.84 Å². The molecule has 11 heavy (non-hydrogen) atoms. The van der Waals surface area contributed by atoms with E-state index < -0.39 is 6.29 Å². The zero-order valence-corrected chi connectivity index (χ0v) is 7.97. The molecule has 0 aromatic carbocycles. The van der Waals surface area contributed by atoms with E-state index >= 15 is 0 Å². The first-order valence-electron chi connectivity index (χ1n) is 2.49. The molecule has 2 nitrogen and oxygen atoms in total. The Morgan fingerprint density at radius 1 is 1.09 bits per heavy atom. The van der Waals surface area contributed by atoms with E-state index in [0.29, 0.717) is 0 Å². The summed E-state index contributed by atoms with van der Waals surface area (Å²) in [5.74, 6) is 0. The maximum atomic E-state index is 8.96. The Morgan fingerprint density at radius 2 is 1.64 bits per heavy atom. The van der Waals surface area contributed by atoms with Gasteiger partial charge < -0.3 is 9.84 Å². The molecule has 1 heterocycles. The van der Waals surface area contributed by atoms with Crippen LogP contribution in [0.15, 0.2) is 20.3 Å². The van der Waals surface area contributed by atoms with Gasteiger partial charge in [-0.2, -0.15) is 0 Å². The number of aliphatic hydroxyl groups is 1. The van der Waals surface area contributed by atoms with Crippen molar-refractivity contribution >= 4 is 46.4 Å². The molecule has 6 heteroatoms. The highest BCUT2D eigenvalue weighted by atomic mass is 35.5. The fourth-order valence-electron chi connectivity index (χ4n) is 0.501. The van der Waals surface area contributed by atoms with E-state index in [2.05, 4.69) is 4.74 Å². The molecule has 0 spiro atoms. The average Bonchev–Trinajstić information content (AvgIpc) is 1.97. The Hall–Kier alpha value is 0.400. The van der Waals surface area contributed by atoms with Gasteiger partial charge in [0, 0.05) is 0 Å². The summed E-state index contributed by atoms with van der Waals surface area (Å²) in [6.07, 6.45) is -1.32. The molecular weight excluding hydrogens is 234 g/mol. The van der Waals surface area contributed by atoms with Gasteiger partial charge in [0.1, 0.15) is 10.1 Å². The lowest BCUT2D eigenvalue weighted by molar-refractivity contribution is -0.0238. The summed E-state index contributed by atoms with van der Waals surface area (Å²) in [5, 5.41) is 8.75. The van der Waals surface area contributed by atoms with E-state index in [-0.39, 0.29) is 20.3 Å². The molecule has 1 aliphatic rings. The number of halogens is 4. The zero-order chi connectivity index (χ0) is 8.59. The van der Waals surface area contributed by atoms with Crippen molar-refractivity contribution in [1.82, 2.24) is 0 Å². The molecule has 0 amide bonds. The highest BCUT2D eigenvalue weighted by molar-refractivity contribution is 6.50. The standard InChI is InChI=1S/C5H2Cl4O2/c6-1-2(7)4(9)11-5(10)3(1)8/h5,10H. The summed E-state index contributed by atoms with van der Waals surface area (Å²) in [6, 6.07) is 0. The van der Waals surface area contributed by atoms with Crippen molar-refractivity contribution in [3.8, 4) is 0 Å². The van der Waals surface area contributed by atoms with Crippen LogP contribution in [0.25, 0.3) is 0 Å². The van der Waals surface area contributed by atoms with Gasteiger partial charge in [0.05, 0.1) is 5.03 Å². The minimum atomic E-state index is -1.32. The largest absolute Gasteiger partial charge is 0.447 e. The lowest BCUT2D eigenvalue weighted by Crippen LogP contribution is -2.15. The third kappa shape index (κ3) is 1.76. The highest BCUT2D eigenvalue weighted by Crippen LogP contribution is 2.36. The van der Waals surface area contributed by atoms with Gasteiger partial charge in [0.25, 0.3) is 0 Å². The van der Waals surface area contributed by atoms with Gasteiger partial charge in [-0.3, -0.25) is 0 Å². The molecule has 0 radical (unpaired) electrons. The molecule has 0 saturated heterocycles. The van der Waals surface area contributed by atoms with E-state index in [0.717, 1.165) is 0 Å². The van der Waals surface area contributed by atoms with Crippen LogP contribution in [0.5, 0.6) is 0 Å². The lowest BCUT2D eigenvalue weighted by atomic mass is 10.4. The van der Waals surface area contributed by atoms with Crippen molar-refractivity contribution in [2.75, 3.05) is 0 Å². The van der Waals surface area contributed by atoms with Gasteiger partial charge in [-0.05, 0) is 11.6 Å². The molecule has 1 unspecified atom stereocenters. The Bertz CT molecular complexity index is 245. The van der Waals surface area contributed by atoms with Gasteiger partial charge in [-0.15, -0.1) is 0 Å². The average molecular weight is 236 g/mol. The minimum absolute atomic E-state index is 0.00336. The second kappa shape index (κ2) is 3.42. The van der Waals surface area contributed by atoms with Gasteiger partial charge in [-0.1, -0.05) is 34.8 Å². The Labute approximate surface area is 82.9 Å². The number of ether oxygens (including phenoxy) is 1. The molecule has 0 aliphatic carbocycles. The van der Waals surface area contributed by atoms with Crippen LogP contribution in [0, 0.1) is 0 Å². The van der Waals surface area contributed by atoms with Crippen LogP contribution in [-0.4, -0.2) is 11.4 Å². The maximum absolute atomic E-state index is 8.96. The molecule has 62 valence electrons. The van der Waals surface area contributed by atoms with E-state index in [1.807, 2.05) is 0 Å². The van der Waals surface area contributed by atoms with Crippen LogP contribution in [0.1, 0.15) is 0 Å². The second-order valence-electron chi connectivity index (χ2n) is 1.72. The molecule has 1 rings (SSSR count). The Balaban J connectivity index is 3.07. The highest BCUT2D eigenvalue weighted by Gasteiger charge is 2.25. The molecule has 0 aromatic rings. The molecular formula is C5H2Cl4O2. The molecule has 1 atom stereocenters. The minimum Gasteiger partial charge on any atom is -0.447 e. The van der Waals surface area contributed by atoms with Gasteiger partial charge in [-0.25, -0.2) is 0 Å². The first-order valence-corrected chi connectivity index (χ1v) is 4.00. The molecule has 1 aliphatic heterocycles.